The van der Waals surface area contributed by atoms with Gasteiger partial charge >= 0.3 is 5.97 Å². The number of nitro groups is 1. The van der Waals surface area contributed by atoms with Gasteiger partial charge in [0.2, 0.25) is 0 Å². The van der Waals surface area contributed by atoms with Crippen LogP contribution in [0.4, 0.5) is 20.8 Å². The highest BCUT2D eigenvalue weighted by atomic mass is 32.1. The summed E-state index contributed by atoms with van der Waals surface area (Å²) in [4.78, 5) is 25.0. The molecule has 0 amide bonds. The first-order chi connectivity index (χ1) is 12.9. The number of hydrogen-bond acceptors (Lipinski definition) is 8. The van der Waals surface area contributed by atoms with E-state index in [0.717, 1.165) is 22.6 Å². The average molecular weight is 390 g/mol. The molecule has 0 aliphatic carbocycles. The number of carbonyl (C=O) groups excluding carboxylic acids is 1. The van der Waals surface area contributed by atoms with E-state index in [9.17, 15) is 24.6 Å². The van der Waals surface area contributed by atoms with Crippen molar-refractivity contribution in [2.45, 2.75) is 19.9 Å². The van der Waals surface area contributed by atoms with Crippen molar-refractivity contribution in [1.29, 1.82) is 5.26 Å². The van der Waals surface area contributed by atoms with E-state index in [1.165, 1.54) is 11.3 Å². The number of anilines is 2. The number of ether oxygens (including phenoxy) is 1. The maximum atomic E-state index is 14.8. The molecular formula is C17H15FN4O4S. The maximum absolute atomic E-state index is 14.8. The fourth-order valence-corrected chi connectivity index (χ4v) is 4.20. The lowest BCUT2D eigenvalue weighted by atomic mass is 10.0. The smallest absolute Gasteiger partial charge is 0.340 e. The number of fused-ring (bicyclic) bond motifs is 1. The van der Waals surface area contributed by atoms with Crippen LogP contribution in [0, 0.1) is 27.3 Å². The van der Waals surface area contributed by atoms with Crippen molar-refractivity contribution < 1.29 is 18.8 Å². The molecule has 1 aliphatic rings. The van der Waals surface area contributed by atoms with Gasteiger partial charge in [0, 0.05) is 17.5 Å². The molecule has 0 spiro atoms. The predicted octanol–water partition coefficient (Wildman–Crippen LogP) is 2.99. The molecule has 0 fully saturated rings. The van der Waals surface area contributed by atoms with Gasteiger partial charge in [-0.1, -0.05) is 0 Å². The zero-order chi connectivity index (χ0) is 19.7. The summed E-state index contributed by atoms with van der Waals surface area (Å²) in [6, 6.07) is 3.89. The lowest BCUT2D eigenvalue weighted by molar-refractivity contribution is -0.385. The summed E-state index contributed by atoms with van der Waals surface area (Å²) in [7, 11) is 0. The molecule has 0 atom stereocenters. The van der Waals surface area contributed by atoms with Gasteiger partial charge in [0.05, 0.1) is 41.0 Å². The Morgan fingerprint density at radius 3 is 2.93 bits per heavy atom. The van der Waals surface area contributed by atoms with Gasteiger partial charge in [-0.2, -0.15) is 5.26 Å². The third kappa shape index (κ3) is 3.29. The fourth-order valence-electron chi connectivity index (χ4n) is 3.11. The SMILES string of the molecule is CCOC(=O)c1cc([N+](=O)[O-])cc(F)c1N1CCc2c(sc(N)c2C#N)C1. The molecule has 10 heteroatoms. The monoisotopic (exact) mass is 390 g/mol. The molecule has 1 aromatic heterocycles. The van der Waals surface area contributed by atoms with E-state index in [1.54, 1.807) is 11.8 Å². The van der Waals surface area contributed by atoms with Crippen LogP contribution in [0.5, 0.6) is 0 Å². The quantitative estimate of drug-likeness (QED) is 0.484. The maximum Gasteiger partial charge on any atom is 0.340 e. The van der Waals surface area contributed by atoms with Gasteiger partial charge in [-0.25, -0.2) is 9.18 Å². The van der Waals surface area contributed by atoms with E-state index in [0.29, 0.717) is 23.5 Å². The first-order valence-corrected chi connectivity index (χ1v) is 8.89. The summed E-state index contributed by atoms with van der Waals surface area (Å²) in [6.07, 6.45) is 0.449. The van der Waals surface area contributed by atoms with Crippen molar-refractivity contribution in [1.82, 2.24) is 0 Å². The minimum Gasteiger partial charge on any atom is -0.462 e. The van der Waals surface area contributed by atoms with Gasteiger partial charge in [-0.05, 0) is 18.9 Å². The molecule has 1 aromatic carbocycles. The molecule has 140 valence electrons. The van der Waals surface area contributed by atoms with Gasteiger partial charge in [0.15, 0.2) is 5.82 Å². The Morgan fingerprint density at radius 2 is 2.30 bits per heavy atom. The van der Waals surface area contributed by atoms with Crippen LogP contribution in [0.25, 0.3) is 0 Å². The molecule has 1 aliphatic heterocycles. The Kier molecular flexibility index (Phi) is 4.96. The highest BCUT2D eigenvalue weighted by Gasteiger charge is 2.30. The summed E-state index contributed by atoms with van der Waals surface area (Å²) in [5.41, 5.74) is 6.37. The number of nitriles is 1. The number of nitrogens with zero attached hydrogens (tertiary/aromatic N) is 3. The molecule has 3 rings (SSSR count). The Labute approximate surface area is 157 Å². The molecule has 0 bridgehead atoms. The molecule has 2 heterocycles. The molecule has 0 saturated heterocycles. The number of nitrogens with two attached hydrogens (primary N) is 1. The first kappa shape index (κ1) is 18.6. The summed E-state index contributed by atoms with van der Waals surface area (Å²) >= 11 is 1.24. The second-order valence-electron chi connectivity index (χ2n) is 5.83. The van der Waals surface area contributed by atoms with Gasteiger partial charge in [-0.15, -0.1) is 11.3 Å². The number of nitrogen functional groups attached to an aromatic ring is 1. The lowest BCUT2D eigenvalue weighted by Gasteiger charge is -2.30. The molecule has 2 aromatic rings. The second kappa shape index (κ2) is 7.20. The third-order valence-corrected chi connectivity index (χ3v) is 5.31. The number of thiophene rings is 1. The predicted molar refractivity (Wildman–Crippen MR) is 97.2 cm³/mol. The van der Waals surface area contributed by atoms with Crippen molar-refractivity contribution in [3.05, 3.63) is 49.6 Å². The molecule has 27 heavy (non-hydrogen) atoms. The van der Waals surface area contributed by atoms with E-state index >= 15 is 0 Å². The van der Waals surface area contributed by atoms with E-state index < -0.39 is 22.4 Å². The summed E-state index contributed by atoms with van der Waals surface area (Å²) in [5, 5.41) is 20.7. The Morgan fingerprint density at radius 1 is 1.56 bits per heavy atom. The first-order valence-electron chi connectivity index (χ1n) is 8.07. The molecule has 8 nitrogen and oxygen atoms in total. The second-order valence-corrected chi connectivity index (χ2v) is 6.96. The van der Waals surface area contributed by atoms with Crippen LogP contribution >= 0.6 is 11.3 Å². The van der Waals surface area contributed by atoms with Crippen LogP contribution in [-0.4, -0.2) is 24.0 Å². The third-order valence-electron chi connectivity index (χ3n) is 4.27. The van der Waals surface area contributed by atoms with Crippen LogP contribution in [0.1, 0.15) is 33.3 Å². The number of non-ortho nitro benzene ring substituents is 1. The highest BCUT2D eigenvalue weighted by Crippen LogP contribution is 2.38. The van der Waals surface area contributed by atoms with Crippen molar-refractivity contribution >= 4 is 33.7 Å². The van der Waals surface area contributed by atoms with Gasteiger partial charge in [0.25, 0.3) is 5.69 Å². The average Bonchev–Trinajstić information content (AvgIpc) is 2.95. The number of halogens is 1. The zero-order valence-electron chi connectivity index (χ0n) is 14.3. The topological polar surface area (TPSA) is 122 Å². The van der Waals surface area contributed by atoms with Crippen molar-refractivity contribution in [3.63, 3.8) is 0 Å². The Balaban J connectivity index is 2.07. The van der Waals surface area contributed by atoms with Crippen molar-refractivity contribution in [3.8, 4) is 6.07 Å². The van der Waals surface area contributed by atoms with E-state index in [4.69, 9.17) is 10.5 Å². The van der Waals surface area contributed by atoms with Gasteiger partial charge < -0.3 is 15.4 Å². The molecule has 2 N–H and O–H groups in total. The fraction of sp³-hybridized carbons (Fsp3) is 0.294. The largest absolute Gasteiger partial charge is 0.462 e. The summed E-state index contributed by atoms with van der Waals surface area (Å²) in [5.74, 6) is -1.70. The normalized spacial score (nSPS) is 13.0. The zero-order valence-corrected chi connectivity index (χ0v) is 15.1. The Hall–Kier alpha value is -3.19. The number of esters is 1. The van der Waals surface area contributed by atoms with E-state index in [1.807, 2.05) is 0 Å². The lowest BCUT2D eigenvalue weighted by Crippen LogP contribution is -2.32. The van der Waals surface area contributed by atoms with Gasteiger partial charge in [0.1, 0.15) is 11.1 Å². The van der Waals surface area contributed by atoms with Crippen LogP contribution in [0.3, 0.4) is 0 Å². The molecule has 0 saturated carbocycles. The highest BCUT2D eigenvalue weighted by molar-refractivity contribution is 7.16. The summed E-state index contributed by atoms with van der Waals surface area (Å²) < 4.78 is 19.7. The van der Waals surface area contributed by atoms with E-state index in [2.05, 4.69) is 6.07 Å². The van der Waals surface area contributed by atoms with Crippen LogP contribution in [0.2, 0.25) is 0 Å². The van der Waals surface area contributed by atoms with Crippen molar-refractivity contribution in [2.24, 2.45) is 0 Å². The van der Waals surface area contributed by atoms with Crippen LogP contribution in [-0.2, 0) is 17.7 Å². The van der Waals surface area contributed by atoms with Crippen molar-refractivity contribution in [2.75, 3.05) is 23.8 Å². The summed E-state index contributed by atoms with van der Waals surface area (Å²) in [6.45, 7) is 2.22. The molecular weight excluding hydrogens is 375 g/mol. The molecule has 0 radical (unpaired) electrons. The van der Waals surface area contributed by atoms with Gasteiger partial charge in [-0.3, -0.25) is 10.1 Å². The number of carbonyl (C=O) groups is 1. The minimum atomic E-state index is -0.874. The number of benzene rings is 1. The number of nitro benzene ring substituents is 1. The molecule has 0 unspecified atom stereocenters. The number of hydrogen-bond donors (Lipinski definition) is 1. The minimum absolute atomic E-state index is 0.0461. The Bertz CT molecular complexity index is 982. The standard InChI is InChI=1S/C17H15FN4O4S/c1-2-26-17(23)11-5-9(22(24)25)6-13(18)15(11)21-4-3-10-12(7-19)16(20)27-14(10)8-21/h5-6H,2-4,8,20H2,1H3. The number of rotatable bonds is 4. The van der Waals surface area contributed by atoms with Crippen LogP contribution < -0.4 is 10.6 Å². The van der Waals surface area contributed by atoms with Crippen LogP contribution in [0.15, 0.2) is 12.1 Å². The van der Waals surface area contributed by atoms with E-state index in [-0.39, 0.29) is 24.4 Å².